The Hall–Kier alpha value is -2.54. The van der Waals surface area contributed by atoms with E-state index < -0.39 is 0 Å². The molecule has 0 aliphatic carbocycles. The summed E-state index contributed by atoms with van der Waals surface area (Å²) in [5.74, 6) is 1.81. The number of methoxy groups -OCH3 is 1. The first-order valence-electron chi connectivity index (χ1n) is 10.3. The Morgan fingerprint density at radius 3 is 2.58 bits per heavy atom. The molecule has 2 rings (SSSR count). The van der Waals surface area contributed by atoms with Gasteiger partial charge in [-0.15, -0.1) is 0 Å². The number of amides is 1. The van der Waals surface area contributed by atoms with Gasteiger partial charge in [0.25, 0.3) is 0 Å². The standard InChI is InChI=1S/C24H31BrN2O4/c1-6-30-23-17(9-7-10-21(23)29-5)16-26-27-22(28)11-8-14-31-20-13-12-18(15-19(20)25)24(2,3)4/h7,9-10,12-13,15-16H,6,8,11,14H2,1-5H3,(H,27,28)/b26-16+. The van der Waals surface area contributed by atoms with Crippen LogP contribution in [0.4, 0.5) is 0 Å². The zero-order valence-corrected chi connectivity index (χ0v) is 20.4. The number of halogens is 1. The minimum atomic E-state index is -0.178. The van der Waals surface area contributed by atoms with E-state index >= 15 is 0 Å². The minimum absolute atomic E-state index is 0.0773. The summed E-state index contributed by atoms with van der Waals surface area (Å²) in [7, 11) is 1.58. The van der Waals surface area contributed by atoms with Gasteiger partial charge in [-0.25, -0.2) is 5.43 Å². The summed E-state index contributed by atoms with van der Waals surface area (Å²) in [5, 5.41) is 4.04. The van der Waals surface area contributed by atoms with Crippen molar-refractivity contribution in [3.8, 4) is 17.2 Å². The lowest BCUT2D eigenvalue weighted by molar-refractivity contribution is -0.121. The highest BCUT2D eigenvalue weighted by Crippen LogP contribution is 2.32. The van der Waals surface area contributed by atoms with E-state index in [1.54, 1.807) is 13.3 Å². The number of benzene rings is 2. The van der Waals surface area contributed by atoms with Gasteiger partial charge in [-0.05, 0) is 64.5 Å². The first-order chi connectivity index (χ1) is 14.8. The molecule has 6 nitrogen and oxygen atoms in total. The molecule has 168 valence electrons. The molecule has 0 atom stereocenters. The van der Waals surface area contributed by atoms with Gasteiger partial charge < -0.3 is 14.2 Å². The van der Waals surface area contributed by atoms with Gasteiger partial charge in [0.2, 0.25) is 5.91 Å². The van der Waals surface area contributed by atoms with Gasteiger partial charge in [0.05, 0.1) is 31.0 Å². The summed E-state index contributed by atoms with van der Waals surface area (Å²) < 4.78 is 17.6. The molecule has 2 aromatic rings. The number of nitrogens with zero attached hydrogens (tertiary/aromatic N) is 1. The van der Waals surface area contributed by atoms with Crippen molar-refractivity contribution >= 4 is 28.1 Å². The first kappa shape index (κ1) is 24.7. The van der Waals surface area contributed by atoms with Gasteiger partial charge in [0.15, 0.2) is 11.5 Å². The maximum atomic E-state index is 12.1. The van der Waals surface area contributed by atoms with Crippen molar-refractivity contribution < 1.29 is 19.0 Å². The number of carbonyl (C=O) groups excluding carboxylic acids is 1. The van der Waals surface area contributed by atoms with E-state index in [1.165, 1.54) is 5.56 Å². The molecule has 2 aromatic carbocycles. The summed E-state index contributed by atoms with van der Waals surface area (Å²) in [6.07, 6.45) is 2.44. The molecule has 1 amide bonds. The van der Waals surface area contributed by atoms with Crippen molar-refractivity contribution in [1.82, 2.24) is 5.43 Å². The van der Waals surface area contributed by atoms with Gasteiger partial charge in [-0.3, -0.25) is 4.79 Å². The molecule has 0 radical (unpaired) electrons. The van der Waals surface area contributed by atoms with Crippen molar-refractivity contribution in [3.63, 3.8) is 0 Å². The van der Waals surface area contributed by atoms with Crippen LogP contribution in [0.5, 0.6) is 17.2 Å². The van der Waals surface area contributed by atoms with Crippen molar-refractivity contribution in [2.24, 2.45) is 5.10 Å². The second kappa shape index (κ2) is 11.7. The van der Waals surface area contributed by atoms with E-state index in [0.717, 1.165) is 15.8 Å². The van der Waals surface area contributed by atoms with Crippen molar-refractivity contribution in [2.45, 2.75) is 46.0 Å². The number of carbonyl (C=O) groups is 1. The minimum Gasteiger partial charge on any atom is -0.493 e. The third-order valence-electron chi connectivity index (χ3n) is 4.51. The monoisotopic (exact) mass is 490 g/mol. The van der Waals surface area contributed by atoms with Gasteiger partial charge in [0, 0.05) is 12.0 Å². The highest BCUT2D eigenvalue weighted by Gasteiger charge is 2.15. The Morgan fingerprint density at radius 2 is 1.94 bits per heavy atom. The molecule has 0 unspecified atom stereocenters. The number of hydrogen-bond donors (Lipinski definition) is 1. The van der Waals surface area contributed by atoms with E-state index in [0.29, 0.717) is 37.6 Å². The molecule has 0 saturated carbocycles. The number of rotatable bonds is 10. The van der Waals surface area contributed by atoms with E-state index in [9.17, 15) is 4.79 Å². The Labute approximate surface area is 193 Å². The van der Waals surface area contributed by atoms with Gasteiger partial charge in [-0.1, -0.05) is 32.9 Å². The van der Waals surface area contributed by atoms with Crippen LogP contribution in [0.1, 0.15) is 51.7 Å². The molecule has 0 aromatic heterocycles. The summed E-state index contributed by atoms with van der Waals surface area (Å²) in [6, 6.07) is 11.6. The Balaban J connectivity index is 1.81. The topological polar surface area (TPSA) is 69.2 Å². The van der Waals surface area contributed by atoms with E-state index in [4.69, 9.17) is 14.2 Å². The van der Waals surface area contributed by atoms with Crippen LogP contribution < -0.4 is 19.6 Å². The molecule has 0 fully saturated rings. The molecule has 0 heterocycles. The smallest absolute Gasteiger partial charge is 0.240 e. The molecule has 1 N–H and O–H groups in total. The summed E-state index contributed by atoms with van der Waals surface area (Å²) in [5.41, 5.74) is 4.58. The highest BCUT2D eigenvalue weighted by molar-refractivity contribution is 9.10. The average molecular weight is 491 g/mol. The zero-order chi connectivity index (χ0) is 22.9. The van der Waals surface area contributed by atoms with Crippen LogP contribution in [0.15, 0.2) is 46.0 Å². The van der Waals surface area contributed by atoms with E-state index in [2.05, 4.69) is 59.4 Å². The van der Waals surface area contributed by atoms with Gasteiger partial charge in [0.1, 0.15) is 5.75 Å². The number of ether oxygens (including phenoxy) is 3. The molecule has 0 saturated heterocycles. The summed E-state index contributed by atoms with van der Waals surface area (Å²) in [4.78, 5) is 12.1. The third kappa shape index (κ3) is 7.58. The van der Waals surface area contributed by atoms with Crippen molar-refractivity contribution in [2.75, 3.05) is 20.3 Å². The van der Waals surface area contributed by atoms with Gasteiger partial charge >= 0.3 is 0 Å². The predicted molar refractivity (Wildman–Crippen MR) is 127 cm³/mol. The van der Waals surface area contributed by atoms with Crippen LogP contribution in [0, 0.1) is 0 Å². The lowest BCUT2D eigenvalue weighted by atomic mass is 9.87. The highest BCUT2D eigenvalue weighted by atomic mass is 79.9. The number of para-hydroxylation sites is 1. The lowest BCUT2D eigenvalue weighted by Crippen LogP contribution is -2.18. The van der Waals surface area contributed by atoms with Gasteiger partial charge in [-0.2, -0.15) is 5.10 Å². The van der Waals surface area contributed by atoms with Crippen LogP contribution in [0.3, 0.4) is 0 Å². The first-order valence-corrected chi connectivity index (χ1v) is 11.1. The van der Waals surface area contributed by atoms with Crippen molar-refractivity contribution in [3.05, 3.63) is 52.0 Å². The Bertz CT molecular complexity index is 907. The maximum Gasteiger partial charge on any atom is 0.240 e. The molecule has 7 heteroatoms. The van der Waals surface area contributed by atoms with Crippen LogP contribution in [-0.2, 0) is 10.2 Å². The summed E-state index contributed by atoms with van der Waals surface area (Å²) >= 11 is 3.56. The van der Waals surface area contributed by atoms with E-state index in [1.807, 2.05) is 31.2 Å². The normalized spacial score (nSPS) is 11.4. The fraction of sp³-hybridized carbons (Fsp3) is 0.417. The molecule has 0 aliphatic rings. The molecule has 0 bridgehead atoms. The average Bonchev–Trinajstić information content (AvgIpc) is 2.72. The fourth-order valence-corrected chi connectivity index (χ4v) is 3.32. The lowest BCUT2D eigenvalue weighted by Gasteiger charge is -2.20. The van der Waals surface area contributed by atoms with Crippen LogP contribution >= 0.6 is 15.9 Å². The second-order valence-electron chi connectivity index (χ2n) is 7.95. The number of hydrogen-bond acceptors (Lipinski definition) is 5. The fourth-order valence-electron chi connectivity index (χ4n) is 2.82. The largest absolute Gasteiger partial charge is 0.493 e. The zero-order valence-electron chi connectivity index (χ0n) is 18.8. The molecular weight excluding hydrogens is 460 g/mol. The maximum absolute atomic E-state index is 12.1. The number of hydrazone groups is 1. The Morgan fingerprint density at radius 1 is 1.16 bits per heavy atom. The summed E-state index contributed by atoms with van der Waals surface area (Å²) in [6.45, 7) is 9.35. The SMILES string of the molecule is CCOc1c(/C=N/NC(=O)CCCOc2ccc(C(C)(C)C)cc2Br)cccc1OC. The number of nitrogens with one attached hydrogen (secondary N) is 1. The van der Waals surface area contributed by atoms with Crippen LogP contribution in [0.25, 0.3) is 0 Å². The quantitative estimate of drug-likeness (QED) is 0.272. The second-order valence-corrected chi connectivity index (χ2v) is 8.81. The molecule has 31 heavy (non-hydrogen) atoms. The predicted octanol–water partition coefficient (Wildman–Crippen LogP) is 5.46. The molecule has 0 spiro atoms. The molecule has 0 aliphatic heterocycles. The molecular formula is C24H31BrN2O4. The van der Waals surface area contributed by atoms with Crippen LogP contribution in [-0.4, -0.2) is 32.4 Å². The van der Waals surface area contributed by atoms with Crippen LogP contribution in [0.2, 0.25) is 0 Å². The van der Waals surface area contributed by atoms with Crippen molar-refractivity contribution in [1.29, 1.82) is 0 Å². The third-order valence-corrected chi connectivity index (χ3v) is 5.13. The van der Waals surface area contributed by atoms with E-state index in [-0.39, 0.29) is 11.3 Å². The Kier molecular flexibility index (Phi) is 9.37.